The molecule has 5 aromatic rings. The van der Waals surface area contributed by atoms with Crippen LogP contribution in [0.5, 0.6) is 0 Å². The number of nitrogens with zero attached hydrogens (tertiary/aromatic N) is 8. The van der Waals surface area contributed by atoms with Gasteiger partial charge < -0.3 is 20.4 Å². The van der Waals surface area contributed by atoms with E-state index in [2.05, 4.69) is 36.0 Å². The Morgan fingerprint density at radius 2 is 1.74 bits per heavy atom. The van der Waals surface area contributed by atoms with Gasteiger partial charge in [-0.25, -0.2) is 13.5 Å². The van der Waals surface area contributed by atoms with Crippen LogP contribution in [-0.2, 0) is 20.9 Å². The second kappa shape index (κ2) is 14.7. The van der Waals surface area contributed by atoms with Crippen LogP contribution in [0.4, 0.5) is 32.1 Å². The number of carbonyl (C=O) groups is 5. The van der Waals surface area contributed by atoms with Gasteiger partial charge in [-0.2, -0.15) is 20.2 Å². The molecule has 1 spiro atoms. The van der Waals surface area contributed by atoms with Crippen molar-refractivity contribution in [1.29, 1.82) is 0 Å². The summed E-state index contributed by atoms with van der Waals surface area (Å²) in [6.07, 6.45) is 5.61. The Morgan fingerprint density at radius 1 is 0.951 bits per heavy atom. The van der Waals surface area contributed by atoms with E-state index in [1.807, 2.05) is 28.6 Å². The highest BCUT2D eigenvalue weighted by Crippen LogP contribution is 2.54. The Balaban J connectivity index is 0.740. The third kappa shape index (κ3) is 7.00. The van der Waals surface area contributed by atoms with E-state index in [1.165, 1.54) is 12.1 Å². The van der Waals surface area contributed by atoms with E-state index in [0.717, 1.165) is 48.3 Å². The smallest absolute Gasteiger partial charge is 0.262 e. The van der Waals surface area contributed by atoms with Crippen LogP contribution >= 0.6 is 0 Å². The molecule has 5 aliphatic rings. The second-order valence-corrected chi connectivity index (χ2v) is 17.0. The number of H-pyrrole nitrogens is 1. The number of anilines is 4. The highest BCUT2D eigenvalue weighted by molar-refractivity contribution is 6.23. The summed E-state index contributed by atoms with van der Waals surface area (Å²) in [5.74, 6) is -1.75. The number of likely N-dealkylation sites (tertiary alicyclic amines) is 1. The number of fused-ring (bicyclic) bond motifs is 2. The Bertz CT molecular complexity index is 2640. The van der Waals surface area contributed by atoms with Crippen LogP contribution in [0.3, 0.4) is 0 Å². The quantitative estimate of drug-likeness (QED) is 0.145. The number of rotatable bonds is 10. The van der Waals surface area contributed by atoms with Gasteiger partial charge in [0.25, 0.3) is 11.8 Å². The zero-order valence-corrected chi connectivity index (χ0v) is 33.2. The summed E-state index contributed by atoms with van der Waals surface area (Å²) in [4.78, 5) is 78.6. The number of halogens is 2. The molecule has 10 rings (SSSR count). The lowest BCUT2D eigenvalue weighted by Gasteiger charge is -2.60. The van der Waals surface area contributed by atoms with Gasteiger partial charge in [-0.05, 0) is 69.2 Å². The number of nitrogens with one attached hydrogen (secondary N) is 4. The maximum atomic E-state index is 14.4. The van der Waals surface area contributed by atoms with Crippen LogP contribution in [-0.4, -0.2) is 102 Å². The second-order valence-electron chi connectivity index (χ2n) is 17.0. The summed E-state index contributed by atoms with van der Waals surface area (Å²) >= 11 is 0. The number of carbonyl (C=O) groups excluding carboxylic acids is 5. The zero-order valence-electron chi connectivity index (χ0n) is 33.2. The molecular formula is C42H42F2N12O5. The molecule has 5 amide bonds. The molecular weight excluding hydrogens is 791 g/mol. The monoisotopic (exact) mass is 832 g/mol. The number of aryl methyl sites for hydroxylation is 1. The molecule has 1 aliphatic carbocycles. The molecule has 7 heterocycles. The van der Waals surface area contributed by atoms with Crippen molar-refractivity contribution in [1.82, 2.24) is 45.1 Å². The topological polar surface area (TPSA) is 203 Å². The number of imide groups is 2. The summed E-state index contributed by atoms with van der Waals surface area (Å²) < 4.78 is 29.8. The van der Waals surface area contributed by atoms with Gasteiger partial charge in [-0.15, -0.1) is 0 Å². The first-order chi connectivity index (χ1) is 29.4. The van der Waals surface area contributed by atoms with Crippen molar-refractivity contribution in [2.45, 2.75) is 70.5 Å². The van der Waals surface area contributed by atoms with Crippen molar-refractivity contribution >= 4 is 63.8 Å². The first-order valence-corrected chi connectivity index (χ1v) is 20.5. The number of amides is 5. The summed E-state index contributed by atoms with van der Waals surface area (Å²) in [6, 6.07) is 9.41. The van der Waals surface area contributed by atoms with E-state index >= 15 is 0 Å². The molecule has 0 bridgehead atoms. The lowest BCUT2D eigenvalue weighted by Crippen LogP contribution is -2.62. The SMILES string of the molecule is Cc1cc(Nc2nc(NCc3ccc(F)cc3F)nc3c2cnn3C2CCN(C(=O)CC3CC4(C3)CN(c3ccc5c(c3)C(=O)N(C3CCC(=O)NC3=O)C5=O)C4)CC2)n[nH]1. The number of hydrogen-bond acceptors (Lipinski definition) is 12. The Kier molecular flexibility index (Phi) is 9.28. The molecule has 61 heavy (non-hydrogen) atoms. The van der Waals surface area contributed by atoms with Gasteiger partial charge in [-0.1, -0.05) is 6.07 Å². The average Bonchev–Trinajstić information content (AvgIpc) is 3.90. The van der Waals surface area contributed by atoms with Crippen LogP contribution in [0.2, 0.25) is 0 Å². The van der Waals surface area contributed by atoms with Crippen molar-refractivity contribution in [3.63, 3.8) is 0 Å². The maximum Gasteiger partial charge on any atom is 0.262 e. The normalized spacial score (nSPS) is 20.2. The van der Waals surface area contributed by atoms with Gasteiger partial charge in [-0.3, -0.25) is 39.3 Å². The number of piperidine rings is 2. The van der Waals surface area contributed by atoms with E-state index in [4.69, 9.17) is 10.1 Å². The minimum absolute atomic E-state index is 0.0274. The molecule has 4 fully saturated rings. The fourth-order valence-electron chi connectivity index (χ4n) is 9.72. The van der Waals surface area contributed by atoms with Gasteiger partial charge in [0.15, 0.2) is 11.5 Å². The Morgan fingerprint density at radius 3 is 2.48 bits per heavy atom. The highest BCUT2D eigenvalue weighted by atomic mass is 19.1. The van der Waals surface area contributed by atoms with Crippen LogP contribution in [0.15, 0.2) is 48.7 Å². The highest BCUT2D eigenvalue weighted by Gasteiger charge is 2.53. The minimum atomic E-state index is -1.00. The molecule has 3 saturated heterocycles. The maximum absolute atomic E-state index is 14.4. The molecule has 1 unspecified atom stereocenters. The molecule has 4 aliphatic heterocycles. The van der Waals surface area contributed by atoms with Crippen LogP contribution < -0.4 is 20.9 Å². The first-order valence-electron chi connectivity index (χ1n) is 20.5. The largest absolute Gasteiger partial charge is 0.370 e. The fourth-order valence-corrected chi connectivity index (χ4v) is 9.72. The van der Waals surface area contributed by atoms with E-state index in [9.17, 15) is 32.8 Å². The molecule has 314 valence electrons. The van der Waals surface area contributed by atoms with Crippen molar-refractivity contribution in [3.05, 3.63) is 82.7 Å². The van der Waals surface area contributed by atoms with E-state index in [1.54, 1.807) is 18.3 Å². The zero-order chi connectivity index (χ0) is 42.2. The van der Waals surface area contributed by atoms with Gasteiger partial charge in [0.05, 0.1) is 28.8 Å². The summed E-state index contributed by atoms with van der Waals surface area (Å²) in [6.45, 7) is 4.66. The molecule has 17 nitrogen and oxygen atoms in total. The Labute approximate surface area is 347 Å². The number of aromatic amines is 1. The molecule has 19 heteroatoms. The third-order valence-corrected chi connectivity index (χ3v) is 12.8. The van der Waals surface area contributed by atoms with Gasteiger partial charge in [0.2, 0.25) is 23.7 Å². The lowest BCUT2D eigenvalue weighted by atomic mass is 9.57. The van der Waals surface area contributed by atoms with E-state index in [0.29, 0.717) is 60.9 Å². The molecule has 1 atom stereocenters. The van der Waals surface area contributed by atoms with Crippen LogP contribution in [0, 0.1) is 29.9 Å². The molecule has 0 radical (unpaired) electrons. The number of benzene rings is 2. The minimum Gasteiger partial charge on any atom is -0.370 e. The summed E-state index contributed by atoms with van der Waals surface area (Å²) in [7, 11) is 0. The van der Waals surface area contributed by atoms with E-state index < -0.39 is 41.3 Å². The van der Waals surface area contributed by atoms with Crippen LogP contribution in [0.1, 0.15) is 83.0 Å². The van der Waals surface area contributed by atoms with Gasteiger partial charge in [0.1, 0.15) is 23.5 Å². The standard InChI is InChI=1S/C42H42F2N12O5/c1-22-12-33(52-51-22)47-36-30-19-46-56(37(30)50-41(49-36)45-18-24-2-3-25(43)14-31(24)44)26-8-10-53(11-9-26)35(58)13-23-16-42(17-23)20-54(21-42)27-4-5-28-29(15-27)40(61)55(39(28)60)32-6-7-34(57)48-38(32)59/h2-5,12,14-15,19,23,26,32H,6-11,13,16-18,20-21H2,1H3,(H,48,57,59)(H3,45,47,49,50,51,52). The van der Waals surface area contributed by atoms with Crippen molar-refractivity contribution in [2.24, 2.45) is 11.3 Å². The van der Waals surface area contributed by atoms with Gasteiger partial charge >= 0.3 is 0 Å². The van der Waals surface area contributed by atoms with Gasteiger partial charge in [0, 0.05) is 80.1 Å². The predicted molar refractivity (Wildman–Crippen MR) is 216 cm³/mol. The molecule has 2 aromatic carbocycles. The fraction of sp³-hybridized carbons (Fsp3) is 0.405. The van der Waals surface area contributed by atoms with Crippen LogP contribution in [0.25, 0.3) is 11.0 Å². The first kappa shape index (κ1) is 38.4. The Hall–Kier alpha value is -6.79. The molecule has 1 saturated carbocycles. The number of aromatic nitrogens is 6. The van der Waals surface area contributed by atoms with E-state index in [-0.39, 0.29) is 59.4 Å². The summed E-state index contributed by atoms with van der Waals surface area (Å²) in [5, 5.41) is 21.1. The number of hydrogen-bond donors (Lipinski definition) is 4. The lowest BCUT2D eigenvalue weighted by molar-refractivity contribution is -0.137. The van der Waals surface area contributed by atoms with Crippen molar-refractivity contribution in [2.75, 3.05) is 41.7 Å². The molecule has 4 N–H and O–H groups in total. The third-order valence-electron chi connectivity index (χ3n) is 12.8. The summed E-state index contributed by atoms with van der Waals surface area (Å²) in [5.41, 5.74) is 3.16. The predicted octanol–water partition coefficient (Wildman–Crippen LogP) is 4.36. The molecule has 3 aromatic heterocycles. The average molecular weight is 833 g/mol. The van der Waals surface area contributed by atoms with Crippen molar-refractivity contribution in [3.8, 4) is 0 Å². The van der Waals surface area contributed by atoms with Crippen molar-refractivity contribution < 1.29 is 32.8 Å².